The van der Waals surface area contributed by atoms with Gasteiger partial charge in [-0.1, -0.05) is 0 Å². The second-order valence-electron chi connectivity index (χ2n) is 5.60. The summed E-state index contributed by atoms with van der Waals surface area (Å²) in [5.41, 5.74) is 0.306. The second-order valence-corrected chi connectivity index (χ2v) is 8.26. The third-order valence-electron chi connectivity index (χ3n) is 3.49. The van der Waals surface area contributed by atoms with Gasteiger partial charge in [-0.2, -0.15) is 0 Å². The minimum Gasteiger partial charge on any atom is -0.476 e. The molecular weight excluding hydrogens is 389 g/mol. The number of alkyl halides is 1. The minimum absolute atomic E-state index is 0.251. The minimum atomic E-state index is -3.40. The number of ether oxygens (including phenoxy) is 1. The molecule has 1 aliphatic heterocycles. The Kier molecular flexibility index (Phi) is 6.60. The maximum absolute atomic E-state index is 13.1. The van der Waals surface area contributed by atoms with E-state index in [0.29, 0.717) is 29.6 Å². The molecule has 0 radical (unpaired) electrons. The van der Waals surface area contributed by atoms with Crippen LogP contribution in [0.4, 0.5) is 10.1 Å². The van der Waals surface area contributed by atoms with Crippen molar-refractivity contribution in [3.8, 4) is 5.88 Å². The van der Waals surface area contributed by atoms with Crippen LogP contribution in [-0.2, 0) is 10.0 Å². The van der Waals surface area contributed by atoms with Gasteiger partial charge in [0.1, 0.15) is 11.9 Å². The molecule has 0 bridgehead atoms. The summed E-state index contributed by atoms with van der Waals surface area (Å²) in [6.45, 7) is 2.80. The Morgan fingerprint density at radius 1 is 1.48 bits per heavy atom. The van der Waals surface area contributed by atoms with Gasteiger partial charge >= 0.3 is 0 Å². The molecule has 9 heteroatoms. The molecule has 130 valence electrons. The van der Waals surface area contributed by atoms with Gasteiger partial charge in [0.15, 0.2) is 0 Å². The zero-order chi connectivity index (χ0) is 16.9. The van der Waals surface area contributed by atoms with Gasteiger partial charge in [0.05, 0.1) is 12.9 Å². The topological polar surface area (TPSA) is 71.5 Å². The van der Waals surface area contributed by atoms with Crippen molar-refractivity contribution >= 4 is 31.6 Å². The van der Waals surface area contributed by atoms with E-state index < -0.39 is 16.2 Å². The Hall–Kier alpha value is -0.930. The standard InChI is InChI=1S/C14H21BrFN3O3S/c1-23(20,21)18-13-9-11(15)10-17-14(13)22-8-2-5-19-6-3-12(16)4-7-19/h9-10,12,18H,2-8H2,1H3. The van der Waals surface area contributed by atoms with Crippen LogP contribution in [0.15, 0.2) is 16.7 Å². The van der Waals surface area contributed by atoms with E-state index in [9.17, 15) is 12.8 Å². The molecule has 1 fully saturated rings. The average Bonchev–Trinajstić information content (AvgIpc) is 2.45. The Bertz CT molecular complexity index is 622. The zero-order valence-corrected chi connectivity index (χ0v) is 15.4. The first-order valence-corrected chi connectivity index (χ1v) is 10.1. The van der Waals surface area contributed by atoms with Crippen molar-refractivity contribution in [1.82, 2.24) is 9.88 Å². The van der Waals surface area contributed by atoms with Crippen LogP contribution in [-0.4, -0.2) is 57.0 Å². The monoisotopic (exact) mass is 409 g/mol. The number of rotatable bonds is 7. The van der Waals surface area contributed by atoms with Crippen molar-refractivity contribution in [3.63, 3.8) is 0 Å². The smallest absolute Gasteiger partial charge is 0.238 e. The summed E-state index contributed by atoms with van der Waals surface area (Å²) in [6, 6.07) is 1.61. The Balaban J connectivity index is 1.83. The van der Waals surface area contributed by atoms with Gasteiger partial charge in [-0.05, 0) is 41.3 Å². The fourth-order valence-electron chi connectivity index (χ4n) is 2.40. The third-order valence-corrected chi connectivity index (χ3v) is 4.51. The van der Waals surface area contributed by atoms with Crippen molar-refractivity contribution in [2.75, 3.05) is 37.2 Å². The van der Waals surface area contributed by atoms with Crippen molar-refractivity contribution < 1.29 is 17.5 Å². The molecule has 0 unspecified atom stereocenters. The number of aromatic nitrogens is 1. The van der Waals surface area contributed by atoms with Gasteiger partial charge in [-0.25, -0.2) is 17.8 Å². The fraction of sp³-hybridized carbons (Fsp3) is 0.643. The van der Waals surface area contributed by atoms with Crippen LogP contribution in [0.5, 0.6) is 5.88 Å². The molecule has 1 aliphatic rings. The number of pyridine rings is 1. The van der Waals surface area contributed by atoms with E-state index in [4.69, 9.17) is 4.74 Å². The molecule has 6 nitrogen and oxygen atoms in total. The largest absolute Gasteiger partial charge is 0.476 e. The molecule has 2 heterocycles. The molecule has 1 aromatic rings. The Morgan fingerprint density at radius 2 is 2.17 bits per heavy atom. The summed E-state index contributed by atoms with van der Waals surface area (Å²) < 4.78 is 44.5. The summed E-state index contributed by atoms with van der Waals surface area (Å²) in [5.74, 6) is 0.251. The number of sulfonamides is 1. The van der Waals surface area contributed by atoms with Crippen LogP contribution in [0.1, 0.15) is 19.3 Å². The molecule has 1 saturated heterocycles. The highest BCUT2D eigenvalue weighted by Gasteiger charge is 2.17. The number of nitrogens with one attached hydrogen (secondary N) is 1. The molecule has 0 amide bonds. The number of anilines is 1. The third kappa shape index (κ3) is 6.60. The lowest BCUT2D eigenvalue weighted by molar-refractivity contribution is 0.142. The number of hydrogen-bond acceptors (Lipinski definition) is 5. The van der Waals surface area contributed by atoms with Gasteiger partial charge in [0.25, 0.3) is 0 Å². The first-order valence-electron chi connectivity index (χ1n) is 7.46. The molecular formula is C14H21BrFN3O3S. The van der Waals surface area contributed by atoms with Gasteiger partial charge < -0.3 is 9.64 Å². The van der Waals surface area contributed by atoms with Crippen molar-refractivity contribution in [1.29, 1.82) is 0 Å². The quantitative estimate of drug-likeness (QED) is 0.700. The number of halogens is 2. The van der Waals surface area contributed by atoms with Crippen LogP contribution >= 0.6 is 15.9 Å². The number of nitrogens with zero attached hydrogens (tertiary/aromatic N) is 2. The number of likely N-dealkylation sites (tertiary alicyclic amines) is 1. The highest BCUT2D eigenvalue weighted by Crippen LogP contribution is 2.26. The van der Waals surface area contributed by atoms with E-state index in [2.05, 4.69) is 30.5 Å². The maximum atomic E-state index is 13.1. The summed E-state index contributed by atoms with van der Waals surface area (Å²) in [7, 11) is -3.40. The van der Waals surface area contributed by atoms with Crippen LogP contribution in [0, 0.1) is 0 Å². The lowest BCUT2D eigenvalue weighted by Gasteiger charge is -2.28. The van der Waals surface area contributed by atoms with Crippen LogP contribution < -0.4 is 9.46 Å². The highest BCUT2D eigenvalue weighted by atomic mass is 79.9. The molecule has 0 aromatic carbocycles. The maximum Gasteiger partial charge on any atom is 0.238 e. The van der Waals surface area contributed by atoms with E-state index in [-0.39, 0.29) is 5.88 Å². The molecule has 0 spiro atoms. The van der Waals surface area contributed by atoms with Crippen molar-refractivity contribution in [3.05, 3.63) is 16.7 Å². The van der Waals surface area contributed by atoms with Gasteiger partial charge in [-0.15, -0.1) is 0 Å². The molecule has 0 saturated carbocycles. The highest BCUT2D eigenvalue weighted by molar-refractivity contribution is 9.10. The van der Waals surface area contributed by atoms with Crippen LogP contribution in [0.25, 0.3) is 0 Å². The van der Waals surface area contributed by atoms with Crippen LogP contribution in [0.2, 0.25) is 0 Å². The summed E-state index contributed by atoms with van der Waals surface area (Å²) in [6.07, 6.45) is 3.92. The van der Waals surface area contributed by atoms with E-state index >= 15 is 0 Å². The predicted octanol–water partition coefficient (Wildman–Crippen LogP) is 2.42. The van der Waals surface area contributed by atoms with Gasteiger partial charge in [-0.3, -0.25) is 4.72 Å². The molecule has 23 heavy (non-hydrogen) atoms. The average molecular weight is 410 g/mol. The van der Waals surface area contributed by atoms with Crippen molar-refractivity contribution in [2.45, 2.75) is 25.4 Å². The first kappa shape index (κ1) is 18.4. The first-order chi connectivity index (χ1) is 10.8. The summed E-state index contributed by atoms with van der Waals surface area (Å²) in [4.78, 5) is 6.31. The Labute approximate surface area is 144 Å². The lowest BCUT2D eigenvalue weighted by atomic mass is 10.1. The Morgan fingerprint density at radius 3 is 2.83 bits per heavy atom. The predicted molar refractivity (Wildman–Crippen MR) is 91.1 cm³/mol. The van der Waals surface area contributed by atoms with Gasteiger partial charge in [0, 0.05) is 30.3 Å². The SMILES string of the molecule is CS(=O)(=O)Nc1cc(Br)cnc1OCCCN1CCC(F)CC1. The van der Waals surface area contributed by atoms with E-state index in [0.717, 1.165) is 32.3 Å². The second kappa shape index (κ2) is 8.25. The molecule has 2 rings (SSSR count). The normalized spacial score (nSPS) is 17.2. The lowest BCUT2D eigenvalue weighted by Crippen LogP contribution is -2.35. The van der Waals surface area contributed by atoms with E-state index in [1.807, 2.05) is 0 Å². The van der Waals surface area contributed by atoms with Crippen molar-refractivity contribution in [2.24, 2.45) is 0 Å². The molecule has 1 N–H and O–H groups in total. The number of hydrogen-bond donors (Lipinski definition) is 1. The summed E-state index contributed by atoms with van der Waals surface area (Å²) in [5, 5.41) is 0. The van der Waals surface area contributed by atoms with E-state index in [1.165, 1.54) is 0 Å². The number of piperidine rings is 1. The van der Waals surface area contributed by atoms with Gasteiger partial charge in [0.2, 0.25) is 15.9 Å². The molecule has 0 atom stereocenters. The van der Waals surface area contributed by atoms with Crippen LogP contribution in [0.3, 0.4) is 0 Å². The molecule has 0 aliphatic carbocycles. The molecule has 1 aromatic heterocycles. The summed E-state index contributed by atoms with van der Waals surface area (Å²) >= 11 is 3.25. The van der Waals surface area contributed by atoms with E-state index in [1.54, 1.807) is 12.3 Å². The zero-order valence-electron chi connectivity index (χ0n) is 13.0. The fourth-order valence-corrected chi connectivity index (χ4v) is 3.27.